The first kappa shape index (κ1) is 20.7. The topological polar surface area (TPSA) is 117 Å². The van der Waals surface area contributed by atoms with Gasteiger partial charge in [-0.05, 0) is 12.5 Å². The standard InChI is InChI=1S/C19H20N2O7/c1-11(12-5-7-13(8-6-12)21(24)25)18(22)20-15-10-17(27-3)16(26-2)9-14(15)19(23)28-4/h5-11H,1-4H3,(H,20,22)/t11-/m0/s1. The average molecular weight is 388 g/mol. The normalized spacial score (nSPS) is 11.3. The molecule has 2 rings (SSSR count). The molecule has 0 saturated heterocycles. The Morgan fingerprint density at radius 1 is 1.04 bits per heavy atom. The third-order valence-corrected chi connectivity index (χ3v) is 4.18. The van der Waals surface area contributed by atoms with Crippen LogP contribution in [0.4, 0.5) is 11.4 Å². The number of hydrogen-bond acceptors (Lipinski definition) is 7. The van der Waals surface area contributed by atoms with E-state index in [0.717, 1.165) is 0 Å². The highest BCUT2D eigenvalue weighted by Crippen LogP contribution is 2.34. The van der Waals surface area contributed by atoms with Crippen LogP contribution in [-0.4, -0.2) is 38.1 Å². The highest BCUT2D eigenvalue weighted by Gasteiger charge is 2.22. The van der Waals surface area contributed by atoms with Crippen molar-refractivity contribution in [3.63, 3.8) is 0 Å². The van der Waals surface area contributed by atoms with E-state index in [0.29, 0.717) is 17.1 Å². The smallest absolute Gasteiger partial charge is 0.340 e. The first-order valence-electron chi connectivity index (χ1n) is 8.21. The molecular formula is C19H20N2O7. The largest absolute Gasteiger partial charge is 0.493 e. The molecule has 0 bridgehead atoms. The molecule has 0 spiro atoms. The number of ether oxygens (including phenoxy) is 3. The molecule has 0 aromatic heterocycles. The van der Waals surface area contributed by atoms with Crippen molar-refractivity contribution >= 4 is 23.3 Å². The van der Waals surface area contributed by atoms with Crippen molar-refractivity contribution in [2.45, 2.75) is 12.8 Å². The van der Waals surface area contributed by atoms with Crippen LogP contribution in [0.15, 0.2) is 36.4 Å². The van der Waals surface area contributed by atoms with E-state index < -0.39 is 22.7 Å². The summed E-state index contributed by atoms with van der Waals surface area (Å²) in [6.07, 6.45) is 0. The summed E-state index contributed by atoms with van der Waals surface area (Å²) in [5, 5.41) is 13.4. The van der Waals surface area contributed by atoms with E-state index in [9.17, 15) is 19.7 Å². The number of hydrogen-bond donors (Lipinski definition) is 1. The Bertz CT molecular complexity index is 894. The molecule has 0 radical (unpaired) electrons. The molecule has 0 heterocycles. The Kier molecular flexibility index (Phi) is 6.54. The van der Waals surface area contributed by atoms with Crippen LogP contribution in [-0.2, 0) is 9.53 Å². The van der Waals surface area contributed by atoms with E-state index in [4.69, 9.17) is 14.2 Å². The van der Waals surface area contributed by atoms with Crippen LogP contribution in [0.25, 0.3) is 0 Å². The maximum Gasteiger partial charge on any atom is 0.340 e. The molecule has 2 aromatic carbocycles. The van der Waals surface area contributed by atoms with E-state index in [1.165, 1.54) is 57.7 Å². The van der Waals surface area contributed by atoms with Crippen LogP contribution in [0.3, 0.4) is 0 Å². The van der Waals surface area contributed by atoms with Gasteiger partial charge in [-0.2, -0.15) is 0 Å². The van der Waals surface area contributed by atoms with Gasteiger partial charge in [0.1, 0.15) is 0 Å². The van der Waals surface area contributed by atoms with Gasteiger partial charge >= 0.3 is 5.97 Å². The Hall–Kier alpha value is -3.62. The summed E-state index contributed by atoms with van der Waals surface area (Å²) >= 11 is 0. The Labute approximate surface area is 161 Å². The predicted octanol–water partition coefficient (Wildman–Crippen LogP) is 3.14. The third kappa shape index (κ3) is 4.37. The molecule has 148 valence electrons. The minimum Gasteiger partial charge on any atom is -0.493 e. The summed E-state index contributed by atoms with van der Waals surface area (Å²) < 4.78 is 15.2. The molecule has 2 aromatic rings. The molecule has 0 fully saturated rings. The van der Waals surface area contributed by atoms with Gasteiger partial charge in [-0.25, -0.2) is 4.79 Å². The van der Waals surface area contributed by atoms with Gasteiger partial charge in [-0.15, -0.1) is 0 Å². The number of carbonyl (C=O) groups excluding carboxylic acids is 2. The average Bonchev–Trinajstić information content (AvgIpc) is 2.72. The van der Waals surface area contributed by atoms with Crippen LogP contribution in [0.1, 0.15) is 28.8 Å². The van der Waals surface area contributed by atoms with Crippen LogP contribution >= 0.6 is 0 Å². The van der Waals surface area contributed by atoms with E-state index >= 15 is 0 Å². The monoisotopic (exact) mass is 388 g/mol. The summed E-state index contributed by atoms with van der Waals surface area (Å²) in [5.41, 5.74) is 0.820. The fourth-order valence-corrected chi connectivity index (χ4v) is 2.54. The first-order valence-corrected chi connectivity index (χ1v) is 8.21. The van der Waals surface area contributed by atoms with Crippen molar-refractivity contribution < 1.29 is 28.7 Å². The molecule has 1 atom stereocenters. The van der Waals surface area contributed by atoms with Crippen molar-refractivity contribution in [3.05, 3.63) is 57.6 Å². The number of carbonyl (C=O) groups is 2. The van der Waals surface area contributed by atoms with Crippen molar-refractivity contribution in [2.24, 2.45) is 0 Å². The summed E-state index contributed by atoms with van der Waals surface area (Å²) in [6, 6.07) is 8.56. The molecule has 1 N–H and O–H groups in total. The second-order valence-electron chi connectivity index (χ2n) is 5.80. The number of rotatable bonds is 7. The first-order chi connectivity index (χ1) is 13.3. The molecule has 0 unspecified atom stereocenters. The maximum absolute atomic E-state index is 12.7. The number of nitro benzene ring substituents is 1. The highest BCUT2D eigenvalue weighted by molar-refractivity contribution is 6.03. The molecule has 9 nitrogen and oxygen atoms in total. The number of nitro groups is 1. The molecule has 9 heteroatoms. The quantitative estimate of drug-likeness (QED) is 0.440. The van der Waals surface area contributed by atoms with Crippen LogP contribution < -0.4 is 14.8 Å². The molecule has 1 amide bonds. The lowest BCUT2D eigenvalue weighted by molar-refractivity contribution is -0.384. The van der Waals surface area contributed by atoms with E-state index in [1.54, 1.807) is 6.92 Å². The zero-order chi connectivity index (χ0) is 20.8. The highest BCUT2D eigenvalue weighted by atomic mass is 16.6. The van der Waals surface area contributed by atoms with E-state index in [2.05, 4.69) is 5.32 Å². The van der Waals surface area contributed by atoms with Gasteiger partial charge < -0.3 is 19.5 Å². The van der Waals surface area contributed by atoms with E-state index in [-0.39, 0.29) is 16.9 Å². The SMILES string of the molecule is COC(=O)c1cc(OC)c(OC)cc1NC(=O)[C@@H](C)c1ccc([N+](=O)[O-])cc1. The van der Waals surface area contributed by atoms with Gasteiger partial charge in [0.25, 0.3) is 5.69 Å². The molecule has 0 saturated carbocycles. The van der Waals surface area contributed by atoms with Crippen LogP contribution in [0.2, 0.25) is 0 Å². The van der Waals surface area contributed by atoms with Gasteiger partial charge in [0.2, 0.25) is 5.91 Å². The number of nitrogens with zero attached hydrogens (tertiary/aromatic N) is 1. The number of benzene rings is 2. The molecular weight excluding hydrogens is 368 g/mol. The minimum absolute atomic E-state index is 0.0655. The number of amides is 1. The zero-order valence-electron chi connectivity index (χ0n) is 15.8. The van der Waals surface area contributed by atoms with Gasteiger partial charge in [0.15, 0.2) is 11.5 Å². The van der Waals surface area contributed by atoms with Gasteiger partial charge in [0, 0.05) is 24.3 Å². The van der Waals surface area contributed by atoms with Crippen LogP contribution in [0, 0.1) is 10.1 Å². The second-order valence-corrected chi connectivity index (χ2v) is 5.80. The molecule has 28 heavy (non-hydrogen) atoms. The summed E-state index contributed by atoms with van der Waals surface area (Å²) in [6.45, 7) is 1.65. The Morgan fingerprint density at radius 3 is 2.11 bits per heavy atom. The number of methoxy groups -OCH3 is 3. The molecule has 0 aliphatic heterocycles. The van der Waals surface area contributed by atoms with Gasteiger partial charge in [-0.1, -0.05) is 12.1 Å². The van der Waals surface area contributed by atoms with E-state index in [1.807, 2.05) is 0 Å². The second kappa shape index (κ2) is 8.85. The predicted molar refractivity (Wildman–Crippen MR) is 101 cm³/mol. The van der Waals surface area contributed by atoms with Crippen molar-refractivity contribution in [1.82, 2.24) is 0 Å². The van der Waals surface area contributed by atoms with Crippen LogP contribution in [0.5, 0.6) is 11.5 Å². The Morgan fingerprint density at radius 2 is 1.61 bits per heavy atom. The zero-order valence-corrected chi connectivity index (χ0v) is 15.8. The lowest BCUT2D eigenvalue weighted by atomic mass is 9.99. The fraction of sp³-hybridized carbons (Fsp3) is 0.263. The number of non-ortho nitro benzene ring substituents is 1. The number of anilines is 1. The molecule has 0 aliphatic rings. The van der Waals surface area contributed by atoms with Crippen molar-refractivity contribution in [2.75, 3.05) is 26.6 Å². The minimum atomic E-state index is -0.653. The lowest BCUT2D eigenvalue weighted by Crippen LogP contribution is -2.21. The fourth-order valence-electron chi connectivity index (χ4n) is 2.54. The third-order valence-electron chi connectivity index (χ3n) is 4.18. The molecule has 0 aliphatic carbocycles. The van der Waals surface area contributed by atoms with Gasteiger partial charge in [-0.3, -0.25) is 14.9 Å². The number of nitrogens with one attached hydrogen (secondary N) is 1. The lowest BCUT2D eigenvalue weighted by Gasteiger charge is -2.17. The maximum atomic E-state index is 12.7. The number of esters is 1. The summed E-state index contributed by atoms with van der Waals surface area (Å²) in [7, 11) is 4.08. The van der Waals surface area contributed by atoms with Gasteiger partial charge in [0.05, 0.1) is 43.4 Å². The summed E-state index contributed by atoms with van der Waals surface area (Å²) in [5.74, 6) is -1.05. The summed E-state index contributed by atoms with van der Waals surface area (Å²) in [4.78, 5) is 35.0. The Balaban J connectivity index is 2.33. The van der Waals surface area contributed by atoms with Crippen molar-refractivity contribution in [3.8, 4) is 11.5 Å². The van der Waals surface area contributed by atoms with Crippen molar-refractivity contribution in [1.29, 1.82) is 0 Å².